The van der Waals surface area contributed by atoms with Gasteiger partial charge in [-0.1, -0.05) is 23.7 Å². The summed E-state index contributed by atoms with van der Waals surface area (Å²) in [7, 11) is 0. The Labute approximate surface area is 156 Å². The van der Waals surface area contributed by atoms with E-state index in [9.17, 15) is 14.0 Å². The molecule has 7 heteroatoms. The number of carbonyl (C=O) groups is 2. The number of carbonyl (C=O) groups excluding carboxylic acids is 2. The van der Waals surface area contributed by atoms with E-state index in [0.717, 1.165) is 5.56 Å². The van der Waals surface area contributed by atoms with Gasteiger partial charge in [-0.25, -0.2) is 9.18 Å². The minimum Gasteiger partial charge on any atom is -0.479 e. The number of amides is 1. The summed E-state index contributed by atoms with van der Waals surface area (Å²) in [6.45, 7) is 2.85. The SMILES string of the molecule is C[C@H](Oc1ccc(F)cc1)C(=O)OCC(=O)N[C@H](C)c1cccc(Cl)c1. The highest BCUT2D eigenvalue weighted by atomic mass is 35.5. The molecule has 0 spiro atoms. The van der Waals surface area contributed by atoms with Crippen molar-refractivity contribution in [2.45, 2.75) is 26.0 Å². The summed E-state index contributed by atoms with van der Waals surface area (Å²) in [6, 6.07) is 12.1. The number of halogens is 2. The topological polar surface area (TPSA) is 64.6 Å². The molecule has 0 aliphatic carbocycles. The van der Waals surface area contributed by atoms with Crippen molar-refractivity contribution in [2.24, 2.45) is 0 Å². The zero-order valence-electron chi connectivity index (χ0n) is 14.4. The van der Waals surface area contributed by atoms with E-state index in [-0.39, 0.29) is 6.04 Å². The lowest BCUT2D eigenvalue weighted by atomic mass is 10.1. The zero-order valence-corrected chi connectivity index (χ0v) is 15.1. The van der Waals surface area contributed by atoms with E-state index in [1.807, 2.05) is 6.07 Å². The van der Waals surface area contributed by atoms with Crippen molar-refractivity contribution in [1.29, 1.82) is 0 Å². The Morgan fingerprint density at radius 2 is 1.85 bits per heavy atom. The average Bonchev–Trinajstić information content (AvgIpc) is 2.61. The van der Waals surface area contributed by atoms with Crippen molar-refractivity contribution in [1.82, 2.24) is 5.32 Å². The smallest absolute Gasteiger partial charge is 0.347 e. The summed E-state index contributed by atoms with van der Waals surface area (Å²) >= 11 is 5.92. The van der Waals surface area contributed by atoms with Gasteiger partial charge in [0.2, 0.25) is 0 Å². The van der Waals surface area contributed by atoms with Crippen molar-refractivity contribution in [2.75, 3.05) is 6.61 Å². The second-order valence-electron chi connectivity index (χ2n) is 5.67. The van der Waals surface area contributed by atoms with Gasteiger partial charge in [-0.3, -0.25) is 4.79 Å². The van der Waals surface area contributed by atoms with E-state index in [1.165, 1.54) is 31.2 Å². The maximum atomic E-state index is 12.8. The number of benzene rings is 2. The summed E-state index contributed by atoms with van der Waals surface area (Å²) < 4.78 is 23.1. The van der Waals surface area contributed by atoms with E-state index in [2.05, 4.69) is 5.32 Å². The fourth-order valence-corrected chi connectivity index (χ4v) is 2.36. The molecule has 0 saturated carbocycles. The van der Waals surface area contributed by atoms with Crippen LogP contribution in [0, 0.1) is 5.82 Å². The number of esters is 1. The van der Waals surface area contributed by atoms with Crippen LogP contribution < -0.4 is 10.1 Å². The first-order valence-electron chi connectivity index (χ1n) is 7.99. The van der Waals surface area contributed by atoms with Gasteiger partial charge in [-0.2, -0.15) is 0 Å². The lowest BCUT2D eigenvalue weighted by Crippen LogP contribution is -2.34. The van der Waals surface area contributed by atoms with Crippen molar-refractivity contribution < 1.29 is 23.5 Å². The molecule has 0 aromatic heterocycles. The van der Waals surface area contributed by atoms with E-state index in [4.69, 9.17) is 21.1 Å². The highest BCUT2D eigenvalue weighted by Crippen LogP contribution is 2.17. The molecule has 2 aromatic rings. The molecule has 2 aromatic carbocycles. The summed E-state index contributed by atoms with van der Waals surface area (Å²) in [5.41, 5.74) is 0.838. The van der Waals surface area contributed by atoms with Gasteiger partial charge in [0.25, 0.3) is 5.91 Å². The van der Waals surface area contributed by atoms with Gasteiger partial charge in [-0.15, -0.1) is 0 Å². The van der Waals surface area contributed by atoms with Crippen LogP contribution in [0.3, 0.4) is 0 Å². The van der Waals surface area contributed by atoms with Crippen LogP contribution >= 0.6 is 11.6 Å². The van der Waals surface area contributed by atoms with Crippen LogP contribution in [0.1, 0.15) is 25.5 Å². The molecule has 0 bridgehead atoms. The number of hydrogen-bond donors (Lipinski definition) is 1. The molecule has 138 valence electrons. The van der Waals surface area contributed by atoms with Crippen molar-refractivity contribution >= 4 is 23.5 Å². The van der Waals surface area contributed by atoms with Gasteiger partial charge in [0.15, 0.2) is 12.7 Å². The molecule has 2 rings (SSSR count). The van der Waals surface area contributed by atoms with Crippen LogP contribution in [-0.4, -0.2) is 24.6 Å². The van der Waals surface area contributed by atoms with E-state index in [0.29, 0.717) is 10.8 Å². The summed E-state index contributed by atoms with van der Waals surface area (Å²) in [6.07, 6.45) is -0.932. The molecule has 1 N–H and O–H groups in total. The number of hydrogen-bond acceptors (Lipinski definition) is 4. The second-order valence-corrected chi connectivity index (χ2v) is 6.10. The number of rotatable bonds is 7. The fraction of sp³-hybridized carbons (Fsp3) is 0.263. The van der Waals surface area contributed by atoms with Crippen LogP contribution in [0.15, 0.2) is 48.5 Å². The first-order chi connectivity index (χ1) is 12.3. The first-order valence-corrected chi connectivity index (χ1v) is 8.36. The molecule has 2 atom stereocenters. The maximum absolute atomic E-state index is 12.8. The largest absolute Gasteiger partial charge is 0.479 e. The lowest BCUT2D eigenvalue weighted by molar-refractivity contribution is -0.154. The first kappa shape index (κ1) is 19.7. The molecule has 0 heterocycles. The Morgan fingerprint density at radius 3 is 2.50 bits per heavy atom. The Morgan fingerprint density at radius 1 is 1.15 bits per heavy atom. The Balaban J connectivity index is 1.78. The number of nitrogens with one attached hydrogen (secondary N) is 1. The van der Waals surface area contributed by atoms with Crippen LogP contribution in [0.5, 0.6) is 5.75 Å². The molecular weight excluding hydrogens is 361 g/mol. The van der Waals surface area contributed by atoms with Gasteiger partial charge in [-0.05, 0) is 55.8 Å². The Hall–Kier alpha value is -2.60. The van der Waals surface area contributed by atoms with Crippen molar-refractivity contribution in [3.05, 3.63) is 64.9 Å². The minimum absolute atomic E-state index is 0.284. The van der Waals surface area contributed by atoms with Crippen LogP contribution in [-0.2, 0) is 14.3 Å². The lowest BCUT2D eigenvalue weighted by Gasteiger charge is -2.16. The highest BCUT2D eigenvalue weighted by Gasteiger charge is 2.18. The fourth-order valence-electron chi connectivity index (χ4n) is 2.16. The summed E-state index contributed by atoms with van der Waals surface area (Å²) in [4.78, 5) is 23.8. The van der Waals surface area contributed by atoms with Gasteiger partial charge in [0, 0.05) is 5.02 Å². The maximum Gasteiger partial charge on any atom is 0.347 e. The molecule has 1 amide bonds. The molecule has 0 aliphatic heterocycles. The highest BCUT2D eigenvalue weighted by molar-refractivity contribution is 6.30. The van der Waals surface area contributed by atoms with Crippen LogP contribution in [0.2, 0.25) is 5.02 Å². The predicted molar refractivity (Wildman–Crippen MR) is 95.5 cm³/mol. The van der Waals surface area contributed by atoms with E-state index in [1.54, 1.807) is 25.1 Å². The van der Waals surface area contributed by atoms with E-state index < -0.39 is 30.4 Å². The quantitative estimate of drug-likeness (QED) is 0.745. The molecular formula is C19H19ClFNO4. The van der Waals surface area contributed by atoms with E-state index >= 15 is 0 Å². The minimum atomic E-state index is -0.932. The molecule has 0 saturated heterocycles. The summed E-state index contributed by atoms with van der Waals surface area (Å²) in [5, 5.41) is 3.29. The summed E-state index contributed by atoms with van der Waals surface area (Å²) in [5.74, 6) is -1.22. The standard InChI is InChI=1S/C19H19ClFNO4/c1-12(14-4-3-5-15(20)10-14)22-18(23)11-25-19(24)13(2)26-17-8-6-16(21)7-9-17/h3-10,12-13H,11H2,1-2H3,(H,22,23)/t12-,13+/m1/s1. The van der Waals surface area contributed by atoms with Gasteiger partial charge in [0.05, 0.1) is 6.04 Å². The molecule has 0 unspecified atom stereocenters. The second kappa shape index (κ2) is 9.20. The predicted octanol–water partition coefficient (Wildman–Crippen LogP) is 3.67. The van der Waals surface area contributed by atoms with Gasteiger partial charge >= 0.3 is 5.97 Å². The van der Waals surface area contributed by atoms with Crippen molar-refractivity contribution in [3.8, 4) is 5.75 Å². The third-order valence-electron chi connectivity index (χ3n) is 3.53. The average molecular weight is 380 g/mol. The monoisotopic (exact) mass is 379 g/mol. The van der Waals surface area contributed by atoms with Crippen LogP contribution in [0.25, 0.3) is 0 Å². The molecule has 0 fully saturated rings. The molecule has 5 nitrogen and oxygen atoms in total. The molecule has 0 aliphatic rings. The Bertz CT molecular complexity index is 766. The normalized spacial score (nSPS) is 12.8. The number of ether oxygens (including phenoxy) is 2. The van der Waals surface area contributed by atoms with Crippen LogP contribution in [0.4, 0.5) is 4.39 Å². The third-order valence-corrected chi connectivity index (χ3v) is 3.77. The zero-order chi connectivity index (χ0) is 19.1. The molecule has 0 radical (unpaired) electrons. The third kappa shape index (κ3) is 6.04. The van der Waals surface area contributed by atoms with Crippen molar-refractivity contribution in [3.63, 3.8) is 0 Å². The van der Waals surface area contributed by atoms with Gasteiger partial charge < -0.3 is 14.8 Å². The molecule has 26 heavy (non-hydrogen) atoms. The Kier molecular flexibility index (Phi) is 6.97. The van der Waals surface area contributed by atoms with Gasteiger partial charge in [0.1, 0.15) is 11.6 Å².